The number of esters is 1. The van der Waals surface area contributed by atoms with Crippen LogP contribution in [0, 0.1) is 5.92 Å². The molecule has 1 aliphatic heterocycles. The molecule has 0 spiro atoms. The number of nitrogens with zero attached hydrogens (tertiary/aromatic N) is 1. The standard InChI is InChI=1S/C13H13NO4/c1-18-13(17)10-8-14(12(16)11(10)15)7-9-5-3-2-4-6-9/h2-6,10H,7-8H2,1H3/t10-/m0/s1. The summed E-state index contributed by atoms with van der Waals surface area (Å²) in [5, 5.41) is 0. The third-order valence-corrected chi connectivity index (χ3v) is 2.92. The van der Waals surface area contributed by atoms with Gasteiger partial charge < -0.3 is 9.64 Å². The average molecular weight is 247 g/mol. The first-order valence-electron chi connectivity index (χ1n) is 5.58. The van der Waals surface area contributed by atoms with E-state index in [4.69, 9.17) is 0 Å². The minimum absolute atomic E-state index is 0.0965. The fraction of sp³-hybridized carbons (Fsp3) is 0.308. The Hall–Kier alpha value is -2.17. The monoisotopic (exact) mass is 247 g/mol. The lowest BCUT2D eigenvalue weighted by Gasteiger charge is -2.14. The molecule has 1 heterocycles. The largest absolute Gasteiger partial charge is 0.468 e. The van der Waals surface area contributed by atoms with Gasteiger partial charge in [-0.2, -0.15) is 0 Å². The van der Waals surface area contributed by atoms with Crippen LogP contribution in [0.1, 0.15) is 5.56 Å². The number of hydrogen-bond donors (Lipinski definition) is 0. The summed E-state index contributed by atoms with van der Waals surface area (Å²) in [7, 11) is 1.21. The molecule has 18 heavy (non-hydrogen) atoms. The molecule has 0 N–H and O–H groups in total. The number of methoxy groups -OCH3 is 1. The SMILES string of the molecule is COC(=O)[C@H]1CN(Cc2ccccc2)C(=O)C1=O. The summed E-state index contributed by atoms with van der Waals surface area (Å²) in [6, 6.07) is 9.31. The van der Waals surface area contributed by atoms with Crippen LogP contribution < -0.4 is 0 Å². The second-order valence-corrected chi connectivity index (χ2v) is 4.11. The van der Waals surface area contributed by atoms with Gasteiger partial charge in [-0.15, -0.1) is 0 Å². The Kier molecular flexibility index (Phi) is 3.41. The summed E-state index contributed by atoms with van der Waals surface area (Å²) in [5.74, 6) is -2.93. The van der Waals surface area contributed by atoms with Crippen LogP contribution in [-0.4, -0.2) is 36.2 Å². The summed E-state index contributed by atoms with van der Waals surface area (Å²) >= 11 is 0. The van der Waals surface area contributed by atoms with Crippen molar-refractivity contribution in [3.63, 3.8) is 0 Å². The topological polar surface area (TPSA) is 63.7 Å². The Morgan fingerprint density at radius 1 is 1.33 bits per heavy atom. The number of Topliss-reactive ketones (excluding diaryl/α,β-unsaturated/α-hetero) is 1. The number of likely N-dealkylation sites (tertiary alicyclic amines) is 1. The number of ether oxygens (including phenoxy) is 1. The lowest BCUT2D eigenvalue weighted by atomic mass is 10.1. The van der Waals surface area contributed by atoms with Crippen molar-refractivity contribution in [2.24, 2.45) is 5.92 Å². The molecule has 0 aliphatic carbocycles. The maximum atomic E-state index is 11.7. The van der Waals surface area contributed by atoms with E-state index in [1.54, 1.807) is 0 Å². The maximum absolute atomic E-state index is 11.7. The summed E-state index contributed by atoms with van der Waals surface area (Å²) in [4.78, 5) is 36.0. The van der Waals surface area contributed by atoms with Crippen LogP contribution in [-0.2, 0) is 25.7 Å². The van der Waals surface area contributed by atoms with Gasteiger partial charge in [0.25, 0.3) is 5.91 Å². The predicted molar refractivity (Wildman–Crippen MR) is 62.4 cm³/mol. The molecule has 1 aliphatic rings. The zero-order valence-electron chi connectivity index (χ0n) is 9.96. The normalized spacial score (nSPS) is 19.2. The van der Waals surface area contributed by atoms with Crippen molar-refractivity contribution in [2.75, 3.05) is 13.7 Å². The maximum Gasteiger partial charge on any atom is 0.318 e. The van der Waals surface area contributed by atoms with E-state index in [0.29, 0.717) is 6.54 Å². The van der Waals surface area contributed by atoms with Gasteiger partial charge in [0.15, 0.2) is 0 Å². The Morgan fingerprint density at radius 3 is 2.61 bits per heavy atom. The predicted octanol–water partition coefficient (Wildman–Crippen LogP) is 0.387. The molecule has 1 saturated heterocycles. The van der Waals surface area contributed by atoms with E-state index in [0.717, 1.165) is 5.56 Å². The molecule has 1 aromatic rings. The third kappa shape index (κ3) is 2.25. The highest BCUT2D eigenvalue weighted by atomic mass is 16.5. The van der Waals surface area contributed by atoms with Crippen LogP contribution in [0.2, 0.25) is 0 Å². The fourth-order valence-corrected chi connectivity index (χ4v) is 1.96. The minimum atomic E-state index is -0.980. The van der Waals surface area contributed by atoms with Gasteiger partial charge >= 0.3 is 5.97 Å². The number of hydrogen-bond acceptors (Lipinski definition) is 4. The first-order valence-corrected chi connectivity index (χ1v) is 5.58. The quantitative estimate of drug-likeness (QED) is 0.440. The second kappa shape index (κ2) is 5.00. The van der Waals surface area contributed by atoms with E-state index < -0.39 is 23.6 Å². The molecule has 5 nitrogen and oxygen atoms in total. The molecule has 2 rings (SSSR count). The van der Waals surface area contributed by atoms with Gasteiger partial charge in [0, 0.05) is 13.1 Å². The van der Waals surface area contributed by atoms with Crippen molar-refractivity contribution < 1.29 is 19.1 Å². The zero-order chi connectivity index (χ0) is 13.1. The highest BCUT2D eigenvalue weighted by Crippen LogP contribution is 2.18. The number of rotatable bonds is 3. The van der Waals surface area contributed by atoms with Gasteiger partial charge in [0.1, 0.15) is 5.92 Å². The molecular weight excluding hydrogens is 234 g/mol. The van der Waals surface area contributed by atoms with Crippen molar-refractivity contribution in [2.45, 2.75) is 6.54 Å². The molecule has 1 aromatic carbocycles. The Labute approximate surface area is 104 Å². The highest BCUT2D eigenvalue weighted by molar-refractivity contribution is 6.42. The van der Waals surface area contributed by atoms with Gasteiger partial charge in [0.05, 0.1) is 7.11 Å². The Balaban J connectivity index is 2.10. The summed E-state index contributed by atoms with van der Waals surface area (Å²) < 4.78 is 4.51. The highest BCUT2D eigenvalue weighted by Gasteiger charge is 2.43. The van der Waals surface area contributed by atoms with Crippen molar-refractivity contribution in [3.05, 3.63) is 35.9 Å². The van der Waals surface area contributed by atoms with E-state index in [2.05, 4.69) is 4.74 Å². The smallest absolute Gasteiger partial charge is 0.318 e. The van der Waals surface area contributed by atoms with E-state index >= 15 is 0 Å². The molecule has 0 radical (unpaired) electrons. The lowest BCUT2D eigenvalue weighted by molar-refractivity contribution is -0.150. The molecule has 5 heteroatoms. The molecule has 0 aromatic heterocycles. The van der Waals surface area contributed by atoms with Crippen LogP contribution in [0.5, 0.6) is 0 Å². The lowest BCUT2D eigenvalue weighted by Crippen LogP contribution is -2.26. The Morgan fingerprint density at radius 2 is 2.00 bits per heavy atom. The number of benzene rings is 1. The molecule has 0 saturated carbocycles. The van der Waals surface area contributed by atoms with Crippen molar-refractivity contribution in [1.82, 2.24) is 4.90 Å². The van der Waals surface area contributed by atoms with E-state index in [-0.39, 0.29) is 6.54 Å². The van der Waals surface area contributed by atoms with E-state index in [9.17, 15) is 14.4 Å². The molecule has 1 amide bonds. The van der Waals surface area contributed by atoms with Gasteiger partial charge in [-0.1, -0.05) is 30.3 Å². The van der Waals surface area contributed by atoms with Crippen molar-refractivity contribution >= 4 is 17.7 Å². The van der Waals surface area contributed by atoms with Crippen LogP contribution >= 0.6 is 0 Å². The summed E-state index contributed by atoms with van der Waals surface area (Å²) in [5.41, 5.74) is 0.921. The van der Waals surface area contributed by atoms with Crippen molar-refractivity contribution in [3.8, 4) is 0 Å². The van der Waals surface area contributed by atoms with Gasteiger partial charge in [0.2, 0.25) is 5.78 Å². The minimum Gasteiger partial charge on any atom is -0.468 e. The molecule has 1 atom stereocenters. The van der Waals surface area contributed by atoms with Gasteiger partial charge in [-0.3, -0.25) is 14.4 Å². The number of carbonyl (C=O) groups is 3. The van der Waals surface area contributed by atoms with Crippen LogP contribution in [0.25, 0.3) is 0 Å². The first kappa shape index (κ1) is 12.3. The zero-order valence-corrected chi connectivity index (χ0v) is 9.96. The second-order valence-electron chi connectivity index (χ2n) is 4.11. The molecule has 0 unspecified atom stereocenters. The molecular formula is C13H13NO4. The number of carbonyl (C=O) groups excluding carboxylic acids is 3. The van der Waals surface area contributed by atoms with Crippen LogP contribution in [0.4, 0.5) is 0 Å². The molecule has 1 fully saturated rings. The first-order chi connectivity index (χ1) is 8.63. The number of ketones is 1. The molecule has 0 bridgehead atoms. The third-order valence-electron chi connectivity index (χ3n) is 2.92. The summed E-state index contributed by atoms with van der Waals surface area (Å²) in [6.45, 7) is 0.429. The van der Waals surface area contributed by atoms with Gasteiger partial charge in [-0.05, 0) is 5.56 Å². The Bertz CT molecular complexity index is 483. The fourth-order valence-electron chi connectivity index (χ4n) is 1.96. The van der Waals surface area contributed by atoms with Crippen molar-refractivity contribution in [1.29, 1.82) is 0 Å². The van der Waals surface area contributed by atoms with E-state index in [1.807, 2.05) is 30.3 Å². The molecule has 94 valence electrons. The van der Waals surface area contributed by atoms with E-state index in [1.165, 1.54) is 12.0 Å². The average Bonchev–Trinajstić information content (AvgIpc) is 2.67. The van der Waals surface area contributed by atoms with Crippen LogP contribution in [0.15, 0.2) is 30.3 Å². The summed E-state index contributed by atoms with van der Waals surface area (Å²) in [6.07, 6.45) is 0. The number of amides is 1. The van der Waals surface area contributed by atoms with Gasteiger partial charge in [-0.25, -0.2) is 0 Å². The van der Waals surface area contributed by atoms with Crippen LogP contribution in [0.3, 0.4) is 0 Å².